The molecule has 0 spiro atoms. The average Bonchev–Trinajstić information content (AvgIpc) is 2.89. The number of rotatable bonds is 2. The van der Waals surface area contributed by atoms with E-state index in [2.05, 4.69) is 4.98 Å². The van der Waals surface area contributed by atoms with Crippen molar-refractivity contribution >= 4 is 5.91 Å². The van der Waals surface area contributed by atoms with Gasteiger partial charge in [0.1, 0.15) is 0 Å². The van der Waals surface area contributed by atoms with E-state index in [0.29, 0.717) is 12.1 Å². The van der Waals surface area contributed by atoms with Crippen molar-refractivity contribution in [3.8, 4) is 0 Å². The highest BCUT2D eigenvalue weighted by molar-refractivity contribution is 5.94. The maximum absolute atomic E-state index is 13.2. The second-order valence-electron chi connectivity index (χ2n) is 5.98. The van der Waals surface area contributed by atoms with Crippen LogP contribution in [0.25, 0.3) is 0 Å². The first kappa shape index (κ1) is 15.3. The van der Waals surface area contributed by atoms with Crippen molar-refractivity contribution in [2.24, 2.45) is 0 Å². The summed E-state index contributed by atoms with van der Waals surface area (Å²) in [5, 5.41) is 10.2. The summed E-state index contributed by atoms with van der Waals surface area (Å²) >= 11 is 0. The molecule has 0 unspecified atom stereocenters. The molecule has 0 radical (unpaired) electrons. The van der Waals surface area contributed by atoms with Gasteiger partial charge in [0.05, 0.1) is 17.7 Å². The summed E-state index contributed by atoms with van der Waals surface area (Å²) in [6, 6.07) is 3.09. The molecule has 0 aliphatic carbocycles. The zero-order valence-corrected chi connectivity index (χ0v) is 12.2. The van der Waals surface area contributed by atoms with Gasteiger partial charge in [-0.15, -0.1) is 0 Å². The fourth-order valence-corrected chi connectivity index (χ4v) is 3.15. The van der Waals surface area contributed by atoms with Gasteiger partial charge in [-0.05, 0) is 12.1 Å². The molecule has 1 aromatic rings. The minimum Gasteiger partial charge on any atom is -0.390 e. The number of hydrogen-bond acceptors (Lipinski definition) is 4. The van der Waals surface area contributed by atoms with Crippen LogP contribution in [0.5, 0.6) is 0 Å². The highest BCUT2D eigenvalue weighted by Crippen LogP contribution is 2.30. The number of halogens is 2. The Kier molecular flexibility index (Phi) is 4.10. The van der Waals surface area contributed by atoms with E-state index in [1.165, 1.54) is 6.20 Å². The quantitative estimate of drug-likeness (QED) is 0.885. The summed E-state index contributed by atoms with van der Waals surface area (Å²) < 4.78 is 26.5. The van der Waals surface area contributed by atoms with E-state index < -0.39 is 12.0 Å². The highest BCUT2D eigenvalue weighted by Gasteiger charge is 2.42. The second-order valence-corrected chi connectivity index (χ2v) is 5.98. The molecule has 1 aromatic heterocycles. The lowest BCUT2D eigenvalue weighted by Crippen LogP contribution is -2.49. The fourth-order valence-electron chi connectivity index (χ4n) is 3.15. The first-order chi connectivity index (χ1) is 10.5. The van der Waals surface area contributed by atoms with Crippen LogP contribution in [0.2, 0.25) is 0 Å². The monoisotopic (exact) mass is 311 g/mol. The van der Waals surface area contributed by atoms with Gasteiger partial charge in [-0.25, -0.2) is 8.78 Å². The van der Waals surface area contributed by atoms with E-state index >= 15 is 0 Å². The first-order valence-corrected chi connectivity index (χ1v) is 7.45. The van der Waals surface area contributed by atoms with Crippen molar-refractivity contribution in [1.29, 1.82) is 0 Å². The van der Waals surface area contributed by atoms with Gasteiger partial charge in [0, 0.05) is 51.4 Å². The summed E-state index contributed by atoms with van der Waals surface area (Å²) in [4.78, 5) is 19.7. The Hall–Kier alpha value is -1.60. The molecule has 2 atom stereocenters. The molecule has 2 fully saturated rings. The van der Waals surface area contributed by atoms with Crippen LogP contribution in [-0.2, 0) is 0 Å². The maximum atomic E-state index is 13.2. The minimum absolute atomic E-state index is 0.183. The third kappa shape index (κ3) is 3.10. The van der Waals surface area contributed by atoms with Crippen molar-refractivity contribution in [2.75, 3.05) is 26.2 Å². The number of piperidine rings is 1. The molecule has 2 saturated heterocycles. The van der Waals surface area contributed by atoms with Crippen molar-refractivity contribution in [2.45, 2.75) is 30.9 Å². The van der Waals surface area contributed by atoms with Crippen LogP contribution in [0.4, 0.5) is 8.78 Å². The Morgan fingerprint density at radius 2 is 2.05 bits per heavy atom. The van der Waals surface area contributed by atoms with Crippen LogP contribution >= 0.6 is 0 Å². The van der Waals surface area contributed by atoms with Gasteiger partial charge in [0.15, 0.2) is 0 Å². The SMILES string of the molecule is O=C(c1cccnc1)N1C[C@@H](O)[C@H](N2CCC(F)(F)CC2)C1. The molecule has 0 bridgehead atoms. The molecule has 0 aromatic carbocycles. The molecule has 2 aliphatic heterocycles. The zero-order chi connectivity index (χ0) is 15.7. The van der Waals surface area contributed by atoms with Gasteiger partial charge in [0.2, 0.25) is 0 Å². The van der Waals surface area contributed by atoms with E-state index in [0.717, 1.165) is 0 Å². The number of carbonyl (C=O) groups excluding carboxylic acids is 1. The number of nitrogens with zero attached hydrogens (tertiary/aromatic N) is 3. The second kappa shape index (κ2) is 5.89. The molecule has 5 nitrogen and oxygen atoms in total. The lowest BCUT2D eigenvalue weighted by molar-refractivity contribution is -0.0697. The van der Waals surface area contributed by atoms with Gasteiger partial charge in [0.25, 0.3) is 11.8 Å². The van der Waals surface area contributed by atoms with Gasteiger partial charge in [-0.3, -0.25) is 14.7 Å². The van der Waals surface area contributed by atoms with Crippen molar-refractivity contribution in [1.82, 2.24) is 14.8 Å². The van der Waals surface area contributed by atoms with E-state index in [9.17, 15) is 18.7 Å². The predicted octanol–water partition coefficient (Wildman–Crippen LogP) is 0.998. The number of pyridine rings is 1. The summed E-state index contributed by atoms with van der Waals surface area (Å²) in [5.41, 5.74) is 0.473. The lowest BCUT2D eigenvalue weighted by Gasteiger charge is -2.36. The summed E-state index contributed by atoms with van der Waals surface area (Å²) in [5.74, 6) is -2.79. The van der Waals surface area contributed by atoms with Crippen LogP contribution in [0.1, 0.15) is 23.2 Å². The number of aliphatic hydroxyl groups excluding tert-OH is 1. The predicted molar refractivity (Wildman–Crippen MR) is 75.7 cm³/mol. The maximum Gasteiger partial charge on any atom is 0.255 e. The van der Waals surface area contributed by atoms with Crippen molar-refractivity contribution < 1.29 is 18.7 Å². The molecule has 120 valence electrons. The Balaban J connectivity index is 1.64. The number of carbonyl (C=O) groups is 1. The van der Waals surface area contributed by atoms with Crippen LogP contribution in [0.3, 0.4) is 0 Å². The van der Waals surface area contributed by atoms with Gasteiger partial charge < -0.3 is 10.0 Å². The molecule has 1 N–H and O–H groups in total. The number of amides is 1. The molecule has 0 saturated carbocycles. The molecule has 3 rings (SSSR count). The number of likely N-dealkylation sites (tertiary alicyclic amines) is 2. The van der Waals surface area contributed by atoms with Crippen LogP contribution in [0.15, 0.2) is 24.5 Å². The third-order valence-electron chi connectivity index (χ3n) is 4.45. The normalized spacial score (nSPS) is 28.8. The minimum atomic E-state index is -2.61. The molecule has 2 aliphatic rings. The Labute approximate surface area is 127 Å². The van der Waals surface area contributed by atoms with Gasteiger partial charge in [-0.1, -0.05) is 0 Å². The number of aromatic nitrogens is 1. The van der Waals surface area contributed by atoms with Crippen molar-refractivity contribution in [3.63, 3.8) is 0 Å². The van der Waals surface area contributed by atoms with Gasteiger partial charge >= 0.3 is 0 Å². The molecule has 1 amide bonds. The number of aliphatic hydroxyl groups is 1. The zero-order valence-electron chi connectivity index (χ0n) is 12.2. The third-order valence-corrected chi connectivity index (χ3v) is 4.45. The van der Waals surface area contributed by atoms with Crippen molar-refractivity contribution in [3.05, 3.63) is 30.1 Å². The standard InChI is InChI=1S/C15H19F2N3O2/c16-15(17)3-6-19(7-4-15)12-9-20(10-13(12)21)14(22)11-2-1-5-18-8-11/h1-2,5,8,12-13,21H,3-4,6-7,9-10H2/t12-,13-/m1/s1. The van der Waals surface area contributed by atoms with Crippen LogP contribution in [0, 0.1) is 0 Å². The molecule has 3 heterocycles. The Morgan fingerprint density at radius 1 is 1.32 bits per heavy atom. The largest absolute Gasteiger partial charge is 0.390 e. The lowest BCUT2D eigenvalue weighted by atomic mass is 10.0. The van der Waals surface area contributed by atoms with E-state index in [1.54, 1.807) is 23.2 Å². The topological polar surface area (TPSA) is 56.7 Å². The van der Waals surface area contributed by atoms with E-state index in [4.69, 9.17) is 0 Å². The molecule has 22 heavy (non-hydrogen) atoms. The number of hydrogen-bond donors (Lipinski definition) is 1. The summed E-state index contributed by atoms with van der Waals surface area (Å²) in [7, 11) is 0. The first-order valence-electron chi connectivity index (χ1n) is 7.45. The van der Waals surface area contributed by atoms with Crippen LogP contribution in [-0.4, -0.2) is 70.0 Å². The highest BCUT2D eigenvalue weighted by atomic mass is 19.3. The van der Waals surface area contributed by atoms with E-state index in [-0.39, 0.29) is 44.4 Å². The number of β-amino-alcohol motifs (C(OH)–C–C–N with tert-alkyl or cyclic N) is 1. The molecular formula is C15H19F2N3O2. The summed E-state index contributed by atoms with van der Waals surface area (Å²) in [6.45, 7) is 1.10. The molecular weight excluding hydrogens is 292 g/mol. The number of alkyl halides is 2. The average molecular weight is 311 g/mol. The fraction of sp³-hybridized carbons (Fsp3) is 0.600. The van der Waals surface area contributed by atoms with Crippen LogP contribution < -0.4 is 0 Å². The van der Waals surface area contributed by atoms with Gasteiger partial charge in [-0.2, -0.15) is 0 Å². The molecule has 7 heteroatoms. The Morgan fingerprint density at radius 3 is 2.68 bits per heavy atom. The Bertz CT molecular complexity index is 531. The summed E-state index contributed by atoms with van der Waals surface area (Å²) in [6.07, 6.45) is 2.00. The smallest absolute Gasteiger partial charge is 0.255 e. The van der Waals surface area contributed by atoms with E-state index in [1.807, 2.05) is 4.90 Å².